The minimum Gasteiger partial charge on any atom is -0.494 e. The minimum absolute atomic E-state index is 0.0534. The number of para-hydroxylation sites is 2. The Morgan fingerprint density at radius 3 is 2.54 bits per heavy atom. The van der Waals surface area contributed by atoms with Crippen LogP contribution in [0.2, 0.25) is 0 Å². The van der Waals surface area contributed by atoms with Crippen LogP contribution < -0.4 is 10.5 Å². The molecule has 1 aliphatic rings. The molecule has 1 saturated heterocycles. The fraction of sp³-hybridized carbons (Fsp3) is 0.389. The van der Waals surface area contributed by atoms with E-state index in [0.717, 1.165) is 11.4 Å². The van der Waals surface area contributed by atoms with Gasteiger partial charge in [-0.25, -0.2) is 4.68 Å². The summed E-state index contributed by atoms with van der Waals surface area (Å²) in [6.07, 6.45) is 1.60. The van der Waals surface area contributed by atoms with E-state index in [2.05, 4.69) is 5.10 Å². The van der Waals surface area contributed by atoms with Crippen molar-refractivity contribution >= 4 is 11.8 Å². The molecular formula is C18H23N5O3. The van der Waals surface area contributed by atoms with Gasteiger partial charge in [-0.2, -0.15) is 5.10 Å². The molecule has 0 aliphatic carbocycles. The molecule has 1 aliphatic heterocycles. The van der Waals surface area contributed by atoms with Crippen molar-refractivity contribution in [2.24, 2.45) is 5.73 Å². The van der Waals surface area contributed by atoms with Gasteiger partial charge >= 0.3 is 0 Å². The monoisotopic (exact) mass is 357 g/mol. The Kier molecular flexibility index (Phi) is 5.22. The number of nitrogens with two attached hydrogens (primary N) is 1. The van der Waals surface area contributed by atoms with E-state index in [1.54, 1.807) is 22.9 Å². The van der Waals surface area contributed by atoms with Crippen LogP contribution in [-0.4, -0.2) is 71.2 Å². The van der Waals surface area contributed by atoms with Crippen molar-refractivity contribution in [2.45, 2.75) is 6.92 Å². The normalized spacial score (nSPS) is 15.1. The van der Waals surface area contributed by atoms with Gasteiger partial charge in [0.15, 0.2) is 0 Å². The van der Waals surface area contributed by atoms with Gasteiger partial charge in [-0.3, -0.25) is 14.5 Å². The van der Waals surface area contributed by atoms with Crippen molar-refractivity contribution in [3.05, 3.63) is 41.7 Å². The summed E-state index contributed by atoms with van der Waals surface area (Å²) in [7, 11) is 1.61. The van der Waals surface area contributed by atoms with Crippen LogP contribution in [-0.2, 0) is 4.79 Å². The van der Waals surface area contributed by atoms with Crippen molar-refractivity contribution in [1.29, 1.82) is 0 Å². The van der Waals surface area contributed by atoms with Gasteiger partial charge in [0.25, 0.3) is 5.91 Å². The second kappa shape index (κ2) is 7.57. The van der Waals surface area contributed by atoms with Crippen LogP contribution >= 0.6 is 0 Å². The molecule has 26 heavy (non-hydrogen) atoms. The average molecular weight is 357 g/mol. The van der Waals surface area contributed by atoms with Crippen LogP contribution in [0.3, 0.4) is 0 Å². The molecule has 3 rings (SSSR count). The van der Waals surface area contributed by atoms with Gasteiger partial charge < -0.3 is 15.4 Å². The SMILES string of the molecule is COc1ccccc1-n1ncc(C(=O)N2CCN(CC(N)=O)CC2)c1C. The lowest BCUT2D eigenvalue weighted by Gasteiger charge is -2.33. The average Bonchev–Trinajstić information content (AvgIpc) is 3.02. The molecule has 0 saturated carbocycles. The first-order valence-electron chi connectivity index (χ1n) is 8.49. The second-order valence-corrected chi connectivity index (χ2v) is 6.26. The van der Waals surface area contributed by atoms with Crippen LogP contribution in [0.1, 0.15) is 16.1 Å². The van der Waals surface area contributed by atoms with E-state index < -0.39 is 0 Å². The Balaban J connectivity index is 1.76. The highest BCUT2D eigenvalue weighted by atomic mass is 16.5. The molecule has 0 spiro atoms. The van der Waals surface area contributed by atoms with Gasteiger partial charge in [0, 0.05) is 26.2 Å². The van der Waals surface area contributed by atoms with Gasteiger partial charge in [0.1, 0.15) is 11.4 Å². The van der Waals surface area contributed by atoms with Crippen LogP contribution in [0, 0.1) is 6.92 Å². The Labute approximate surface area is 152 Å². The van der Waals surface area contributed by atoms with Crippen LogP contribution in [0.4, 0.5) is 0 Å². The van der Waals surface area contributed by atoms with Crippen molar-refractivity contribution in [3.63, 3.8) is 0 Å². The maximum absolute atomic E-state index is 12.9. The summed E-state index contributed by atoms with van der Waals surface area (Å²) in [5.41, 5.74) is 7.35. The Morgan fingerprint density at radius 2 is 1.88 bits per heavy atom. The molecule has 8 heteroatoms. The summed E-state index contributed by atoms with van der Waals surface area (Å²) in [4.78, 5) is 27.6. The number of nitrogens with zero attached hydrogens (tertiary/aromatic N) is 4. The molecule has 0 unspecified atom stereocenters. The third-order valence-electron chi connectivity index (χ3n) is 4.59. The lowest BCUT2D eigenvalue weighted by Crippen LogP contribution is -2.50. The standard InChI is InChI=1S/C18H23N5O3/c1-13-14(11-20-23(13)15-5-3-4-6-16(15)26-2)18(25)22-9-7-21(8-10-22)12-17(19)24/h3-6,11H,7-10,12H2,1-2H3,(H2,19,24). The van der Waals surface area contributed by atoms with Crippen LogP contribution in [0.5, 0.6) is 5.75 Å². The number of ether oxygens (including phenoxy) is 1. The van der Waals surface area contributed by atoms with Crippen molar-refractivity contribution in [3.8, 4) is 11.4 Å². The maximum atomic E-state index is 12.9. The summed E-state index contributed by atoms with van der Waals surface area (Å²) < 4.78 is 7.10. The van der Waals surface area contributed by atoms with E-state index in [0.29, 0.717) is 37.5 Å². The summed E-state index contributed by atoms with van der Waals surface area (Å²) in [5.74, 6) is 0.291. The molecule has 2 amide bonds. The van der Waals surface area contributed by atoms with E-state index >= 15 is 0 Å². The third kappa shape index (κ3) is 3.55. The third-order valence-corrected chi connectivity index (χ3v) is 4.59. The summed E-state index contributed by atoms with van der Waals surface area (Å²) in [6.45, 7) is 4.49. The summed E-state index contributed by atoms with van der Waals surface area (Å²) in [6, 6.07) is 7.54. The zero-order valence-electron chi connectivity index (χ0n) is 15.0. The molecule has 8 nitrogen and oxygen atoms in total. The lowest BCUT2D eigenvalue weighted by atomic mass is 10.2. The number of hydrogen-bond donors (Lipinski definition) is 1. The van der Waals surface area contributed by atoms with Gasteiger partial charge in [0.2, 0.25) is 5.91 Å². The van der Waals surface area contributed by atoms with Crippen LogP contribution in [0.25, 0.3) is 5.69 Å². The molecule has 2 N–H and O–H groups in total. The predicted octanol–water partition coefficient (Wildman–Crippen LogP) is 0.432. The number of piperazine rings is 1. The number of carbonyl (C=O) groups excluding carboxylic acids is 2. The number of carbonyl (C=O) groups is 2. The highest BCUT2D eigenvalue weighted by molar-refractivity contribution is 5.95. The Bertz CT molecular complexity index is 809. The quantitative estimate of drug-likeness (QED) is 0.838. The largest absolute Gasteiger partial charge is 0.494 e. The van der Waals surface area contributed by atoms with E-state index in [1.807, 2.05) is 36.1 Å². The molecule has 1 aromatic carbocycles. The first-order valence-corrected chi connectivity index (χ1v) is 8.49. The zero-order valence-corrected chi connectivity index (χ0v) is 15.0. The van der Waals surface area contributed by atoms with E-state index in [-0.39, 0.29) is 18.4 Å². The predicted molar refractivity (Wildman–Crippen MR) is 96.4 cm³/mol. The highest BCUT2D eigenvalue weighted by Crippen LogP contribution is 2.24. The number of amides is 2. The molecule has 2 heterocycles. The van der Waals surface area contributed by atoms with Gasteiger partial charge in [0.05, 0.1) is 31.1 Å². The summed E-state index contributed by atoms with van der Waals surface area (Å²) in [5, 5.41) is 4.38. The van der Waals surface area contributed by atoms with Gasteiger partial charge in [-0.15, -0.1) is 0 Å². The number of primary amides is 1. The number of benzene rings is 1. The smallest absolute Gasteiger partial charge is 0.257 e. The molecule has 138 valence electrons. The van der Waals surface area contributed by atoms with E-state index in [4.69, 9.17) is 10.5 Å². The van der Waals surface area contributed by atoms with Crippen molar-refractivity contribution < 1.29 is 14.3 Å². The lowest BCUT2D eigenvalue weighted by molar-refractivity contribution is -0.119. The topological polar surface area (TPSA) is 93.7 Å². The second-order valence-electron chi connectivity index (χ2n) is 6.26. The first-order chi connectivity index (χ1) is 12.5. The number of aromatic nitrogens is 2. The fourth-order valence-electron chi connectivity index (χ4n) is 3.17. The number of hydrogen-bond acceptors (Lipinski definition) is 5. The van der Waals surface area contributed by atoms with Gasteiger partial charge in [-0.1, -0.05) is 12.1 Å². The van der Waals surface area contributed by atoms with Gasteiger partial charge in [-0.05, 0) is 19.1 Å². The Hall–Kier alpha value is -2.87. The first kappa shape index (κ1) is 17.9. The maximum Gasteiger partial charge on any atom is 0.257 e. The molecule has 0 atom stereocenters. The zero-order chi connectivity index (χ0) is 18.7. The van der Waals surface area contributed by atoms with Crippen LogP contribution in [0.15, 0.2) is 30.5 Å². The summed E-state index contributed by atoms with van der Waals surface area (Å²) >= 11 is 0. The molecule has 1 aromatic heterocycles. The number of rotatable bonds is 5. The highest BCUT2D eigenvalue weighted by Gasteiger charge is 2.26. The Morgan fingerprint density at radius 1 is 1.19 bits per heavy atom. The van der Waals surface area contributed by atoms with E-state index in [1.165, 1.54) is 0 Å². The van der Waals surface area contributed by atoms with Crippen molar-refractivity contribution in [2.75, 3.05) is 39.8 Å². The fourth-order valence-corrected chi connectivity index (χ4v) is 3.17. The van der Waals surface area contributed by atoms with Crippen molar-refractivity contribution in [1.82, 2.24) is 19.6 Å². The molecule has 0 bridgehead atoms. The molecule has 2 aromatic rings. The number of methoxy groups -OCH3 is 1. The molecule has 1 fully saturated rings. The van der Waals surface area contributed by atoms with E-state index in [9.17, 15) is 9.59 Å². The molecular weight excluding hydrogens is 334 g/mol. The minimum atomic E-state index is -0.348. The molecule has 0 radical (unpaired) electrons.